The minimum atomic E-state index is -0.217. The molecular weight excluding hydrogens is 188 g/mol. The molecule has 0 bridgehead atoms. The molecule has 2 nitrogen and oxygen atoms in total. The molecule has 80 valence electrons. The molecule has 1 unspecified atom stereocenters. The fourth-order valence-electron chi connectivity index (χ4n) is 1.97. The molecule has 0 fully saturated rings. The summed E-state index contributed by atoms with van der Waals surface area (Å²) in [5, 5.41) is 0. The molecule has 1 aromatic carbocycles. The smallest absolute Gasteiger partial charge is 0.173 e. The topological polar surface area (TPSA) is 26.3 Å². The largest absolute Gasteiger partial charge is 0.482 e. The Morgan fingerprint density at radius 1 is 1.53 bits per heavy atom. The molecule has 0 aromatic heterocycles. The zero-order valence-corrected chi connectivity index (χ0v) is 9.25. The van der Waals surface area contributed by atoms with Crippen LogP contribution in [0.5, 0.6) is 5.75 Å². The number of ketones is 1. The summed E-state index contributed by atoms with van der Waals surface area (Å²) in [6, 6.07) is 6.14. The van der Waals surface area contributed by atoms with Crippen molar-refractivity contribution in [3.63, 3.8) is 0 Å². The van der Waals surface area contributed by atoms with Crippen molar-refractivity contribution >= 4 is 5.78 Å². The first-order valence-corrected chi connectivity index (χ1v) is 5.49. The van der Waals surface area contributed by atoms with E-state index in [-0.39, 0.29) is 11.9 Å². The standard InChI is InChI=1S/C13H16O2/c1-3-11(14)13-7-5-10-8-9(2)4-6-12(10)15-13/h4,6,8,13H,3,5,7H2,1-2H3. The van der Waals surface area contributed by atoms with Gasteiger partial charge in [-0.2, -0.15) is 0 Å². The molecule has 1 atom stereocenters. The molecule has 15 heavy (non-hydrogen) atoms. The number of Topliss-reactive ketones (excluding diaryl/α,β-unsaturated/α-hetero) is 1. The third-order valence-electron chi connectivity index (χ3n) is 2.87. The van der Waals surface area contributed by atoms with E-state index in [1.165, 1.54) is 11.1 Å². The van der Waals surface area contributed by atoms with Crippen LogP contribution in [0.15, 0.2) is 18.2 Å². The molecule has 0 N–H and O–H groups in total. The van der Waals surface area contributed by atoms with Crippen LogP contribution in [-0.2, 0) is 11.2 Å². The van der Waals surface area contributed by atoms with Gasteiger partial charge in [0.25, 0.3) is 0 Å². The fourth-order valence-corrected chi connectivity index (χ4v) is 1.97. The molecule has 1 aliphatic heterocycles. The number of hydrogen-bond acceptors (Lipinski definition) is 2. The Morgan fingerprint density at radius 2 is 2.33 bits per heavy atom. The summed E-state index contributed by atoms with van der Waals surface area (Å²) in [6.07, 6.45) is 2.12. The average molecular weight is 204 g/mol. The zero-order valence-electron chi connectivity index (χ0n) is 9.25. The van der Waals surface area contributed by atoms with Gasteiger partial charge in [-0.1, -0.05) is 24.6 Å². The minimum Gasteiger partial charge on any atom is -0.482 e. The Balaban J connectivity index is 2.20. The van der Waals surface area contributed by atoms with Crippen LogP contribution in [0.4, 0.5) is 0 Å². The van der Waals surface area contributed by atoms with Crippen molar-refractivity contribution in [2.75, 3.05) is 0 Å². The first kappa shape index (κ1) is 10.2. The van der Waals surface area contributed by atoms with E-state index in [9.17, 15) is 4.79 Å². The molecule has 1 heterocycles. The van der Waals surface area contributed by atoms with Gasteiger partial charge in [0.05, 0.1) is 0 Å². The van der Waals surface area contributed by atoms with E-state index in [1.807, 2.05) is 19.1 Å². The number of carbonyl (C=O) groups excluding carboxylic acids is 1. The second kappa shape index (κ2) is 4.05. The zero-order chi connectivity index (χ0) is 10.8. The maximum absolute atomic E-state index is 11.5. The van der Waals surface area contributed by atoms with Gasteiger partial charge in [-0.05, 0) is 31.4 Å². The molecule has 0 saturated carbocycles. The Morgan fingerprint density at radius 3 is 3.07 bits per heavy atom. The van der Waals surface area contributed by atoms with Gasteiger partial charge in [-0.3, -0.25) is 4.79 Å². The van der Waals surface area contributed by atoms with Gasteiger partial charge in [0.1, 0.15) is 5.75 Å². The molecule has 0 saturated heterocycles. The van der Waals surface area contributed by atoms with Crippen LogP contribution < -0.4 is 4.74 Å². The van der Waals surface area contributed by atoms with Crippen LogP contribution in [0.1, 0.15) is 30.9 Å². The maximum Gasteiger partial charge on any atom is 0.173 e. The van der Waals surface area contributed by atoms with Crippen molar-refractivity contribution in [1.29, 1.82) is 0 Å². The van der Waals surface area contributed by atoms with E-state index >= 15 is 0 Å². The van der Waals surface area contributed by atoms with Gasteiger partial charge in [-0.15, -0.1) is 0 Å². The first-order chi connectivity index (χ1) is 7.20. The van der Waals surface area contributed by atoms with E-state index in [0.717, 1.165) is 18.6 Å². The summed E-state index contributed by atoms with van der Waals surface area (Å²) in [6.45, 7) is 3.96. The second-order valence-electron chi connectivity index (χ2n) is 4.08. The molecule has 2 rings (SSSR count). The lowest BCUT2D eigenvalue weighted by Crippen LogP contribution is -2.30. The van der Waals surface area contributed by atoms with Crippen LogP contribution in [0.3, 0.4) is 0 Å². The van der Waals surface area contributed by atoms with Gasteiger partial charge in [0, 0.05) is 6.42 Å². The summed E-state index contributed by atoms with van der Waals surface area (Å²) < 4.78 is 5.69. The molecule has 0 aliphatic carbocycles. The highest BCUT2D eigenvalue weighted by molar-refractivity contribution is 5.83. The molecular formula is C13H16O2. The fraction of sp³-hybridized carbons (Fsp3) is 0.462. The van der Waals surface area contributed by atoms with E-state index in [0.29, 0.717) is 6.42 Å². The van der Waals surface area contributed by atoms with Gasteiger partial charge in [-0.25, -0.2) is 0 Å². The average Bonchev–Trinajstić information content (AvgIpc) is 2.27. The Kier molecular flexibility index (Phi) is 2.76. The lowest BCUT2D eigenvalue weighted by Gasteiger charge is -2.25. The van der Waals surface area contributed by atoms with E-state index < -0.39 is 0 Å². The Labute approximate surface area is 90.3 Å². The molecule has 0 radical (unpaired) electrons. The number of aryl methyl sites for hydroxylation is 2. The highest BCUT2D eigenvalue weighted by Gasteiger charge is 2.24. The van der Waals surface area contributed by atoms with Crippen molar-refractivity contribution in [3.05, 3.63) is 29.3 Å². The van der Waals surface area contributed by atoms with Crippen molar-refractivity contribution in [2.45, 2.75) is 39.2 Å². The van der Waals surface area contributed by atoms with Gasteiger partial charge in [0.2, 0.25) is 0 Å². The van der Waals surface area contributed by atoms with Crippen LogP contribution in [0.2, 0.25) is 0 Å². The Hall–Kier alpha value is -1.31. The van der Waals surface area contributed by atoms with Gasteiger partial charge >= 0.3 is 0 Å². The molecule has 2 heteroatoms. The number of rotatable bonds is 2. The molecule has 1 aromatic rings. The molecule has 0 spiro atoms. The third-order valence-corrected chi connectivity index (χ3v) is 2.87. The first-order valence-electron chi connectivity index (χ1n) is 5.49. The van der Waals surface area contributed by atoms with Crippen molar-refractivity contribution in [3.8, 4) is 5.75 Å². The highest BCUT2D eigenvalue weighted by Crippen LogP contribution is 2.28. The number of carbonyl (C=O) groups is 1. The summed E-state index contributed by atoms with van der Waals surface area (Å²) in [5.41, 5.74) is 2.48. The van der Waals surface area contributed by atoms with Crippen molar-refractivity contribution in [1.82, 2.24) is 0 Å². The second-order valence-corrected chi connectivity index (χ2v) is 4.08. The van der Waals surface area contributed by atoms with Crippen LogP contribution in [0.25, 0.3) is 0 Å². The third kappa shape index (κ3) is 2.04. The SMILES string of the molecule is CCC(=O)C1CCc2cc(C)ccc2O1. The highest BCUT2D eigenvalue weighted by atomic mass is 16.5. The van der Waals surface area contributed by atoms with E-state index in [2.05, 4.69) is 13.0 Å². The van der Waals surface area contributed by atoms with Crippen molar-refractivity contribution in [2.24, 2.45) is 0 Å². The van der Waals surface area contributed by atoms with Crippen LogP contribution in [-0.4, -0.2) is 11.9 Å². The predicted molar refractivity (Wildman–Crippen MR) is 59.2 cm³/mol. The summed E-state index contributed by atoms with van der Waals surface area (Å²) in [7, 11) is 0. The number of ether oxygens (including phenoxy) is 1. The Bertz CT molecular complexity index is 382. The number of benzene rings is 1. The minimum absolute atomic E-state index is 0.209. The van der Waals surface area contributed by atoms with Crippen LogP contribution in [0, 0.1) is 6.92 Å². The lowest BCUT2D eigenvalue weighted by atomic mass is 9.98. The summed E-state index contributed by atoms with van der Waals surface area (Å²) >= 11 is 0. The van der Waals surface area contributed by atoms with E-state index in [1.54, 1.807) is 0 Å². The monoisotopic (exact) mass is 204 g/mol. The van der Waals surface area contributed by atoms with Crippen LogP contribution >= 0.6 is 0 Å². The summed E-state index contributed by atoms with van der Waals surface area (Å²) in [5.74, 6) is 1.10. The van der Waals surface area contributed by atoms with Crippen molar-refractivity contribution < 1.29 is 9.53 Å². The normalized spacial score (nSPS) is 19.2. The predicted octanol–water partition coefficient (Wildman–Crippen LogP) is 2.67. The van der Waals surface area contributed by atoms with Gasteiger partial charge < -0.3 is 4.74 Å². The summed E-state index contributed by atoms with van der Waals surface area (Å²) in [4.78, 5) is 11.5. The van der Waals surface area contributed by atoms with Gasteiger partial charge in [0.15, 0.2) is 11.9 Å². The maximum atomic E-state index is 11.5. The lowest BCUT2D eigenvalue weighted by molar-refractivity contribution is -0.126. The van der Waals surface area contributed by atoms with E-state index in [4.69, 9.17) is 4.74 Å². The number of hydrogen-bond donors (Lipinski definition) is 0. The molecule has 1 aliphatic rings. The molecule has 0 amide bonds. The quantitative estimate of drug-likeness (QED) is 0.740. The number of fused-ring (bicyclic) bond motifs is 1.